The van der Waals surface area contributed by atoms with Crippen LogP contribution in [0.2, 0.25) is 0 Å². The Labute approximate surface area is 143 Å². The zero-order chi connectivity index (χ0) is 18.4. The van der Waals surface area contributed by atoms with Crippen LogP contribution in [0.4, 0.5) is 0 Å². The summed E-state index contributed by atoms with van der Waals surface area (Å²) in [7, 11) is 1.50. The predicted octanol–water partition coefficient (Wildman–Crippen LogP) is 2.61. The highest BCUT2D eigenvalue weighted by atomic mass is 16.6. The quantitative estimate of drug-likeness (QED) is 0.446. The molecule has 1 rings (SSSR count). The van der Waals surface area contributed by atoms with Crippen LogP contribution in [-0.4, -0.2) is 50.6 Å². The molecule has 1 N–H and O–H groups in total. The van der Waals surface area contributed by atoms with Gasteiger partial charge < -0.3 is 19.3 Å². The van der Waals surface area contributed by atoms with Gasteiger partial charge in [-0.25, -0.2) is 9.59 Å². The Morgan fingerprint density at radius 1 is 1.00 bits per heavy atom. The summed E-state index contributed by atoms with van der Waals surface area (Å²) in [5.74, 6) is -1.21. The Bertz CT molecular complexity index is 479. The second kappa shape index (κ2) is 13.3. The maximum atomic E-state index is 11.8. The summed E-state index contributed by atoms with van der Waals surface area (Å²) in [6.07, 6.45) is 0.353. The van der Waals surface area contributed by atoms with E-state index in [0.29, 0.717) is 6.42 Å². The highest BCUT2D eigenvalue weighted by molar-refractivity contribution is 6.03. The first-order chi connectivity index (χ1) is 11.4. The topological polar surface area (TPSA) is 82.1 Å². The van der Waals surface area contributed by atoms with E-state index in [1.54, 1.807) is 12.1 Å². The fraction of sp³-hybridized carbons (Fsp3) is 0.444. The summed E-state index contributed by atoms with van der Waals surface area (Å²) in [4.78, 5) is 23.7. The molecule has 0 heterocycles. The van der Waals surface area contributed by atoms with E-state index >= 15 is 0 Å². The van der Waals surface area contributed by atoms with Gasteiger partial charge in [0.25, 0.3) is 0 Å². The molecule has 0 aromatic heterocycles. The number of carbonyl (C=O) groups is 2. The lowest BCUT2D eigenvalue weighted by atomic mass is 10.1. The molecule has 6 nitrogen and oxygen atoms in total. The number of carbonyl (C=O) groups excluding carboxylic acids is 2. The predicted molar refractivity (Wildman–Crippen MR) is 91.1 cm³/mol. The molecule has 0 saturated heterocycles. The zero-order valence-electron chi connectivity index (χ0n) is 14.5. The van der Waals surface area contributed by atoms with Crippen LogP contribution in [0.3, 0.4) is 0 Å². The van der Waals surface area contributed by atoms with E-state index < -0.39 is 11.9 Å². The number of aliphatic hydroxyl groups is 1. The molecule has 0 spiro atoms. The average molecular weight is 338 g/mol. The van der Waals surface area contributed by atoms with E-state index in [1.165, 1.54) is 24.8 Å². The van der Waals surface area contributed by atoms with Crippen LogP contribution in [0.1, 0.15) is 41.0 Å². The Morgan fingerprint density at radius 3 is 1.88 bits per heavy atom. The van der Waals surface area contributed by atoms with E-state index in [2.05, 4.69) is 6.58 Å². The number of aliphatic hydroxyl groups excluding tert-OH is 1. The molecule has 24 heavy (non-hydrogen) atoms. The maximum Gasteiger partial charge on any atom is 0.339 e. The fourth-order valence-corrected chi connectivity index (χ4v) is 1.44. The van der Waals surface area contributed by atoms with Crippen molar-refractivity contribution in [1.29, 1.82) is 0 Å². The van der Waals surface area contributed by atoms with Crippen LogP contribution in [0.25, 0.3) is 0 Å². The smallest absolute Gasteiger partial charge is 0.339 e. The number of esters is 2. The highest BCUT2D eigenvalue weighted by Crippen LogP contribution is 2.12. The van der Waals surface area contributed by atoms with Gasteiger partial charge in [0.05, 0.1) is 24.3 Å². The first kappa shape index (κ1) is 21.8. The van der Waals surface area contributed by atoms with Gasteiger partial charge in [0.1, 0.15) is 6.61 Å². The first-order valence-corrected chi connectivity index (χ1v) is 7.59. The number of hydrogen-bond donors (Lipinski definition) is 1. The van der Waals surface area contributed by atoms with Crippen LogP contribution >= 0.6 is 0 Å². The summed E-state index contributed by atoms with van der Waals surface area (Å²) in [5.41, 5.74) is 1.46. The van der Waals surface area contributed by atoms with Gasteiger partial charge >= 0.3 is 11.9 Å². The zero-order valence-corrected chi connectivity index (χ0v) is 14.5. The van der Waals surface area contributed by atoms with Crippen molar-refractivity contribution in [1.82, 2.24) is 0 Å². The number of ether oxygens (including phenoxy) is 3. The molecule has 0 aliphatic carbocycles. The van der Waals surface area contributed by atoms with Gasteiger partial charge in [0.15, 0.2) is 0 Å². The Balaban J connectivity index is 0.00000118. The highest BCUT2D eigenvalue weighted by Gasteiger charge is 2.18. The normalized spacial score (nSPS) is 9.50. The molecule has 134 valence electrons. The van der Waals surface area contributed by atoms with Crippen molar-refractivity contribution in [3.05, 3.63) is 47.5 Å². The number of benzene rings is 1. The molecule has 1 aromatic rings. The Morgan fingerprint density at radius 2 is 1.46 bits per heavy atom. The largest absolute Gasteiger partial charge is 0.462 e. The summed E-state index contributed by atoms with van der Waals surface area (Å²) in [6, 6.07) is 6.26. The van der Waals surface area contributed by atoms with Crippen molar-refractivity contribution >= 4 is 11.9 Å². The molecule has 0 fully saturated rings. The Kier molecular flexibility index (Phi) is 12.1. The van der Waals surface area contributed by atoms with Gasteiger partial charge in [-0.3, -0.25) is 0 Å². The minimum atomic E-state index is -0.613. The molecule has 0 saturated carbocycles. The standard InChI is InChI=1S/C14H18O6.C4H8/c1-18-9-10-20-14(17)12-6-3-2-5-11(12)13(16)19-8-4-7-15;1-4(2)3/h2-3,5-6,15H,4,7-10H2,1H3;1H2,2-3H3. The van der Waals surface area contributed by atoms with Crippen LogP contribution in [0.5, 0.6) is 0 Å². The third-order valence-corrected chi connectivity index (χ3v) is 2.42. The van der Waals surface area contributed by atoms with Gasteiger partial charge in [-0.15, -0.1) is 6.58 Å². The van der Waals surface area contributed by atoms with Crippen molar-refractivity contribution in [3.63, 3.8) is 0 Å². The second-order valence-corrected chi connectivity index (χ2v) is 5.09. The van der Waals surface area contributed by atoms with Crippen molar-refractivity contribution in [2.45, 2.75) is 20.3 Å². The summed E-state index contributed by atoms with van der Waals surface area (Å²) < 4.78 is 14.7. The molecular weight excluding hydrogens is 312 g/mol. The lowest BCUT2D eigenvalue weighted by Gasteiger charge is -2.09. The van der Waals surface area contributed by atoms with Crippen LogP contribution < -0.4 is 0 Å². The summed E-state index contributed by atoms with van der Waals surface area (Å²) in [5, 5.41) is 8.64. The number of hydrogen-bond acceptors (Lipinski definition) is 6. The maximum absolute atomic E-state index is 11.8. The van der Waals surface area contributed by atoms with Crippen LogP contribution in [0, 0.1) is 0 Å². The lowest BCUT2D eigenvalue weighted by Crippen LogP contribution is -2.16. The number of methoxy groups -OCH3 is 1. The second-order valence-electron chi connectivity index (χ2n) is 5.09. The monoisotopic (exact) mass is 338 g/mol. The number of allylic oxidation sites excluding steroid dienone is 1. The average Bonchev–Trinajstić information content (AvgIpc) is 2.54. The molecule has 0 aliphatic rings. The van der Waals surface area contributed by atoms with E-state index in [1.807, 2.05) is 13.8 Å². The molecule has 0 radical (unpaired) electrons. The van der Waals surface area contributed by atoms with Crippen molar-refractivity contribution in [2.75, 3.05) is 33.5 Å². The molecule has 1 aromatic carbocycles. The van der Waals surface area contributed by atoms with E-state index in [9.17, 15) is 9.59 Å². The van der Waals surface area contributed by atoms with Gasteiger partial charge in [-0.2, -0.15) is 0 Å². The molecule has 0 aliphatic heterocycles. The van der Waals surface area contributed by atoms with Gasteiger partial charge in [0.2, 0.25) is 0 Å². The molecule has 6 heteroatoms. The summed E-state index contributed by atoms with van der Waals surface area (Å²) in [6.45, 7) is 7.94. The summed E-state index contributed by atoms with van der Waals surface area (Å²) >= 11 is 0. The van der Waals surface area contributed by atoms with Crippen molar-refractivity contribution < 1.29 is 28.9 Å². The Hall–Kier alpha value is -2.18. The van der Waals surface area contributed by atoms with E-state index in [-0.39, 0.29) is 37.6 Å². The molecule has 0 bridgehead atoms. The van der Waals surface area contributed by atoms with Gasteiger partial charge in [-0.05, 0) is 26.0 Å². The molecule has 0 atom stereocenters. The van der Waals surface area contributed by atoms with Gasteiger partial charge in [0, 0.05) is 20.1 Å². The third kappa shape index (κ3) is 9.76. The number of rotatable bonds is 8. The minimum absolute atomic E-state index is 0.0615. The third-order valence-electron chi connectivity index (χ3n) is 2.42. The SMILES string of the molecule is C=C(C)C.COCCOC(=O)c1ccccc1C(=O)OCCCO. The van der Waals surface area contributed by atoms with Crippen LogP contribution in [0.15, 0.2) is 36.4 Å². The molecule has 0 unspecified atom stereocenters. The van der Waals surface area contributed by atoms with Crippen LogP contribution in [-0.2, 0) is 14.2 Å². The minimum Gasteiger partial charge on any atom is -0.462 e. The van der Waals surface area contributed by atoms with Crippen molar-refractivity contribution in [3.8, 4) is 0 Å². The van der Waals surface area contributed by atoms with E-state index in [4.69, 9.17) is 19.3 Å². The van der Waals surface area contributed by atoms with Gasteiger partial charge in [-0.1, -0.05) is 17.7 Å². The first-order valence-electron chi connectivity index (χ1n) is 7.59. The molecule has 0 amide bonds. The fourth-order valence-electron chi connectivity index (χ4n) is 1.44. The lowest BCUT2D eigenvalue weighted by molar-refractivity contribution is 0.0370. The molecular formula is C18H26O6. The van der Waals surface area contributed by atoms with E-state index in [0.717, 1.165) is 0 Å². The van der Waals surface area contributed by atoms with Crippen molar-refractivity contribution in [2.24, 2.45) is 0 Å².